The van der Waals surface area contributed by atoms with Crippen LogP contribution in [0.4, 0.5) is 5.13 Å². The predicted molar refractivity (Wildman–Crippen MR) is 99.1 cm³/mol. The molecule has 1 heterocycles. The van der Waals surface area contributed by atoms with E-state index in [2.05, 4.69) is 15.0 Å². The summed E-state index contributed by atoms with van der Waals surface area (Å²) in [5.41, 5.74) is 1.50. The van der Waals surface area contributed by atoms with Crippen molar-refractivity contribution < 1.29 is 14.3 Å². The molecule has 0 aliphatic rings. The van der Waals surface area contributed by atoms with Crippen LogP contribution >= 0.6 is 46.3 Å². The van der Waals surface area contributed by atoms with Crippen molar-refractivity contribution >= 4 is 63.3 Å². The number of aromatic nitrogens is 1. The molecule has 1 aromatic carbocycles. The van der Waals surface area contributed by atoms with Crippen molar-refractivity contribution in [3.8, 4) is 0 Å². The van der Waals surface area contributed by atoms with Gasteiger partial charge in [0.05, 0.1) is 25.0 Å². The zero-order valence-corrected chi connectivity index (χ0v) is 15.8. The standard InChI is InChI=1S/C15H14Cl2N2O3S2/c1-22-14(21)5-11-7-24-15(18-11)19-13(20)8-23-6-9-2-3-10(16)4-12(9)17/h2-4,7H,5-6,8H2,1H3,(H,18,19,20). The lowest BCUT2D eigenvalue weighted by Gasteiger charge is -2.05. The molecule has 0 bridgehead atoms. The quantitative estimate of drug-likeness (QED) is 0.705. The summed E-state index contributed by atoms with van der Waals surface area (Å²) in [5, 5.41) is 6.05. The second kappa shape index (κ2) is 9.27. The minimum Gasteiger partial charge on any atom is -0.469 e. The van der Waals surface area contributed by atoms with Gasteiger partial charge in [-0.25, -0.2) is 4.98 Å². The lowest BCUT2D eigenvalue weighted by Crippen LogP contribution is -2.14. The van der Waals surface area contributed by atoms with E-state index in [-0.39, 0.29) is 24.1 Å². The molecule has 0 saturated carbocycles. The van der Waals surface area contributed by atoms with Gasteiger partial charge in [-0.15, -0.1) is 23.1 Å². The summed E-state index contributed by atoms with van der Waals surface area (Å²) in [7, 11) is 1.32. The first-order chi connectivity index (χ1) is 11.5. The number of halogens is 2. The van der Waals surface area contributed by atoms with Gasteiger partial charge in [-0.2, -0.15) is 0 Å². The Labute approximate surface area is 157 Å². The maximum Gasteiger partial charge on any atom is 0.311 e. The molecule has 5 nitrogen and oxygen atoms in total. The fourth-order valence-corrected chi connectivity index (χ4v) is 3.83. The van der Waals surface area contributed by atoms with Crippen molar-refractivity contribution in [2.45, 2.75) is 12.2 Å². The number of thioether (sulfide) groups is 1. The number of hydrogen-bond acceptors (Lipinski definition) is 6. The van der Waals surface area contributed by atoms with Gasteiger partial charge in [-0.3, -0.25) is 9.59 Å². The molecule has 1 aromatic heterocycles. The largest absolute Gasteiger partial charge is 0.469 e. The number of nitrogens with zero attached hydrogens (tertiary/aromatic N) is 1. The summed E-state index contributed by atoms with van der Waals surface area (Å²) in [6, 6.07) is 5.29. The van der Waals surface area contributed by atoms with Gasteiger partial charge in [-0.1, -0.05) is 29.3 Å². The highest BCUT2D eigenvalue weighted by molar-refractivity contribution is 7.99. The summed E-state index contributed by atoms with van der Waals surface area (Å²) in [6.07, 6.45) is 0.0900. The number of carbonyl (C=O) groups excluding carboxylic acids is 2. The molecule has 9 heteroatoms. The second-order valence-corrected chi connectivity index (χ2v) is 7.36. The molecule has 0 fully saturated rings. The number of thiazole rings is 1. The molecule has 0 atom stereocenters. The monoisotopic (exact) mass is 404 g/mol. The highest BCUT2D eigenvalue weighted by Crippen LogP contribution is 2.25. The number of esters is 1. The molecule has 2 rings (SSSR count). The Morgan fingerprint density at radius 1 is 1.38 bits per heavy atom. The van der Waals surface area contributed by atoms with Crippen molar-refractivity contribution in [1.82, 2.24) is 4.98 Å². The van der Waals surface area contributed by atoms with Gasteiger partial charge in [0.2, 0.25) is 5.91 Å². The topological polar surface area (TPSA) is 68.3 Å². The van der Waals surface area contributed by atoms with Crippen molar-refractivity contribution in [2.75, 3.05) is 18.2 Å². The van der Waals surface area contributed by atoms with Crippen LogP contribution in [0, 0.1) is 0 Å². The third kappa shape index (κ3) is 5.98. The van der Waals surface area contributed by atoms with E-state index in [1.165, 1.54) is 30.2 Å². The van der Waals surface area contributed by atoms with Crippen molar-refractivity contribution in [3.63, 3.8) is 0 Å². The number of anilines is 1. The third-order valence-electron chi connectivity index (χ3n) is 2.86. The maximum atomic E-state index is 11.9. The molecule has 1 N–H and O–H groups in total. The molecular weight excluding hydrogens is 391 g/mol. The van der Waals surface area contributed by atoms with Crippen LogP contribution in [-0.4, -0.2) is 29.7 Å². The molecule has 2 aromatic rings. The van der Waals surface area contributed by atoms with Gasteiger partial charge < -0.3 is 10.1 Å². The van der Waals surface area contributed by atoms with Crippen LogP contribution in [0.2, 0.25) is 10.0 Å². The Morgan fingerprint density at radius 3 is 2.88 bits per heavy atom. The second-order valence-electron chi connectivity index (χ2n) is 4.67. The molecule has 128 valence electrons. The average Bonchev–Trinajstić information content (AvgIpc) is 2.96. The van der Waals surface area contributed by atoms with Gasteiger partial charge in [0, 0.05) is 21.2 Å². The zero-order valence-electron chi connectivity index (χ0n) is 12.7. The summed E-state index contributed by atoms with van der Waals surface area (Å²) in [4.78, 5) is 27.3. The predicted octanol–water partition coefficient (Wildman–Crippen LogP) is 4.04. The third-order valence-corrected chi connectivity index (χ3v) is 5.23. The minimum atomic E-state index is -0.367. The van der Waals surface area contributed by atoms with E-state index in [4.69, 9.17) is 23.2 Å². The van der Waals surface area contributed by atoms with E-state index >= 15 is 0 Å². The molecule has 0 unspecified atom stereocenters. The van der Waals surface area contributed by atoms with Crippen LogP contribution in [0.3, 0.4) is 0 Å². The molecule has 0 aliphatic carbocycles. The van der Waals surface area contributed by atoms with Crippen molar-refractivity contribution in [1.29, 1.82) is 0 Å². The van der Waals surface area contributed by atoms with E-state index in [9.17, 15) is 9.59 Å². The molecule has 0 aliphatic heterocycles. The number of ether oxygens (including phenoxy) is 1. The van der Waals surface area contributed by atoms with Crippen LogP contribution in [0.5, 0.6) is 0 Å². The number of nitrogens with one attached hydrogen (secondary N) is 1. The number of benzene rings is 1. The highest BCUT2D eigenvalue weighted by Gasteiger charge is 2.10. The van der Waals surface area contributed by atoms with Gasteiger partial charge in [-0.05, 0) is 17.7 Å². The Hall–Kier alpha value is -1.28. The Bertz CT molecular complexity index is 737. The Morgan fingerprint density at radius 2 is 2.17 bits per heavy atom. The number of amides is 1. The van der Waals surface area contributed by atoms with E-state index in [1.807, 2.05) is 6.07 Å². The molecule has 0 spiro atoms. The first kappa shape index (κ1) is 19.1. The Kier molecular flexibility index (Phi) is 7.36. The first-order valence-corrected chi connectivity index (χ1v) is 9.59. The molecule has 24 heavy (non-hydrogen) atoms. The first-order valence-electron chi connectivity index (χ1n) is 6.80. The van der Waals surface area contributed by atoms with E-state index in [0.717, 1.165) is 5.56 Å². The lowest BCUT2D eigenvalue weighted by molar-refractivity contribution is -0.139. The summed E-state index contributed by atoms with van der Waals surface area (Å²) < 4.78 is 4.57. The van der Waals surface area contributed by atoms with Gasteiger partial charge >= 0.3 is 5.97 Å². The Balaban J connectivity index is 1.78. The molecule has 0 radical (unpaired) electrons. The van der Waals surface area contributed by atoms with Gasteiger partial charge in [0.25, 0.3) is 0 Å². The maximum absolute atomic E-state index is 11.9. The normalized spacial score (nSPS) is 10.5. The highest BCUT2D eigenvalue weighted by atomic mass is 35.5. The fraction of sp³-hybridized carbons (Fsp3) is 0.267. The summed E-state index contributed by atoms with van der Waals surface area (Å²) in [6.45, 7) is 0. The molecule has 1 amide bonds. The van der Waals surface area contributed by atoms with Crippen LogP contribution in [0.25, 0.3) is 0 Å². The molecule has 0 saturated heterocycles. The number of rotatable bonds is 7. The smallest absolute Gasteiger partial charge is 0.311 e. The SMILES string of the molecule is COC(=O)Cc1csc(NC(=O)CSCc2ccc(Cl)cc2Cl)n1. The summed E-state index contributed by atoms with van der Waals surface area (Å²) >= 11 is 14.6. The summed E-state index contributed by atoms with van der Waals surface area (Å²) in [5.74, 6) is 0.345. The van der Waals surface area contributed by atoms with Crippen molar-refractivity contribution in [3.05, 3.63) is 44.9 Å². The van der Waals surface area contributed by atoms with Crippen LogP contribution in [-0.2, 0) is 26.5 Å². The van der Waals surface area contributed by atoms with E-state index in [0.29, 0.717) is 26.6 Å². The minimum absolute atomic E-state index is 0.0900. The zero-order chi connectivity index (χ0) is 17.5. The van der Waals surface area contributed by atoms with Gasteiger partial charge in [0.15, 0.2) is 5.13 Å². The lowest BCUT2D eigenvalue weighted by atomic mass is 10.2. The van der Waals surface area contributed by atoms with Crippen LogP contribution in [0.1, 0.15) is 11.3 Å². The number of carbonyl (C=O) groups is 2. The molecular formula is C15H14Cl2N2O3S2. The van der Waals surface area contributed by atoms with E-state index in [1.54, 1.807) is 17.5 Å². The number of methoxy groups -OCH3 is 1. The van der Waals surface area contributed by atoms with Crippen LogP contribution < -0.4 is 5.32 Å². The van der Waals surface area contributed by atoms with Crippen LogP contribution in [0.15, 0.2) is 23.6 Å². The number of hydrogen-bond donors (Lipinski definition) is 1. The fourth-order valence-electron chi connectivity index (χ4n) is 1.71. The van der Waals surface area contributed by atoms with E-state index < -0.39 is 0 Å². The average molecular weight is 405 g/mol. The van der Waals surface area contributed by atoms with Gasteiger partial charge in [0.1, 0.15) is 0 Å². The van der Waals surface area contributed by atoms with Crippen molar-refractivity contribution in [2.24, 2.45) is 0 Å².